The van der Waals surface area contributed by atoms with Crippen molar-refractivity contribution in [1.82, 2.24) is 4.90 Å². The molecule has 114 valence electrons. The molecule has 1 aromatic rings. The molecule has 0 bridgehead atoms. The molecule has 1 heterocycles. The van der Waals surface area contributed by atoms with Crippen molar-refractivity contribution < 1.29 is 18.8 Å². The van der Waals surface area contributed by atoms with Gasteiger partial charge in [-0.25, -0.2) is 0 Å². The lowest BCUT2D eigenvalue weighted by Crippen LogP contribution is -2.47. The van der Waals surface area contributed by atoms with Crippen LogP contribution in [0, 0.1) is 15.9 Å². The van der Waals surface area contributed by atoms with Crippen molar-refractivity contribution in [3.05, 3.63) is 34.1 Å². The fraction of sp³-hybridized carbons (Fsp3) is 0.462. The first kappa shape index (κ1) is 15.3. The number of ether oxygens (including phenoxy) is 1. The zero-order valence-corrected chi connectivity index (χ0v) is 11.5. The first-order valence-electron chi connectivity index (χ1n) is 6.55. The van der Waals surface area contributed by atoms with Gasteiger partial charge in [0.15, 0.2) is 0 Å². The first-order chi connectivity index (χ1) is 9.99. The summed E-state index contributed by atoms with van der Waals surface area (Å²) in [4.78, 5) is 23.8. The van der Waals surface area contributed by atoms with E-state index in [1.807, 2.05) is 4.90 Å². The predicted molar refractivity (Wildman–Crippen MR) is 73.5 cm³/mol. The van der Waals surface area contributed by atoms with E-state index in [4.69, 9.17) is 4.74 Å². The van der Waals surface area contributed by atoms with Gasteiger partial charge in [-0.05, 0) is 13.0 Å². The van der Waals surface area contributed by atoms with Gasteiger partial charge in [-0.3, -0.25) is 19.8 Å². The molecule has 8 heteroatoms. The number of nitrogens with one attached hydrogen (secondary N) is 1. The van der Waals surface area contributed by atoms with Crippen molar-refractivity contribution in [3.8, 4) is 0 Å². The quantitative estimate of drug-likeness (QED) is 0.670. The molecule has 1 aliphatic rings. The number of hydrogen-bond donors (Lipinski definition) is 1. The standard InChI is InChI=1S/C13H16FN3O4/c1-9(16-4-6-21-7-5-16)13(18)15-10-2-3-12(17(19)20)11(14)8-10/h2-3,8-9H,4-7H2,1H3,(H,15,18). The van der Waals surface area contributed by atoms with Gasteiger partial charge in [0.2, 0.25) is 11.7 Å². The van der Waals surface area contributed by atoms with E-state index in [2.05, 4.69) is 5.32 Å². The second kappa shape index (κ2) is 6.59. The number of carbonyl (C=O) groups is 1. The lowest BCUT2D eigenvalue weighted by atomic mass is 10.2. The molecule has 0 aliphatic carbocycles. The molecule has 1 fully saturated rings. The van der Waals surface area contributed by atoms with Gasteiger partial charge in [0, 0.05) is 30.9 Å². The van der Waals surface area contributed by atoms with E-state index in [-0.39, 0.29) is 17.6 Å². The van der Waals surface area contributed by atoms with E-state index in [1.54, 1.807) is 6.92 Å². The SMILES string of the molecule is CC(C(=O)Nc1ccc([N+](=O)[O-])c(F)c1)N1CCOCC1. The highest BCUT2D eigenvalue weighted by Crippen LogP contribution is 2.21. The summed E-state index contributed by atoms with van der Waals surface area (Å²) in [6.45, 7) is 4.21. The van der Waals surface area contributed by atoms with Crippen LogP contribution in [0.15, 0.2) is 18.2 Å². The fourth-order valence-corrected chi connectivity index (χ4v) is 2.11. The first-order valence-corrected chi connectivity index (χ1v) is 6.55. The largest absolute Gasteiger partial charge is 0.379 e. The number of nitrogens with zero attached hydrogens (tertiary/aromatic N) is 2. The zero-order valence-electron chi connectivity index (χ0n) is 11.5. The third kappa shape index (κ3) is 3.73. The second-order valence-corrected chi connectivity index (χ2v) is 4.74. The Bertz CT molecular complexity index is 546. The Balaban J connectivity index is 2.01. The van der Waals surface area contributed by atoms with Crippen LogP contribution in [0.1, 0.15) is 6.92 Å². The van der Waals surface area contributed by atoms with Gasteiger partial charge < -0.3 is 10.1 Å². The molecule has 1 amide bonds. The van der Waals surface area contributed by atoms with Crippen molar-refractivity contribution >= 4 is 17.3 Å². The minimum absolute atomic E-state index is 0.197. The molecule has 2 rings (SSSR count). The maximum Gasteiger partial charge on any atom is 0.304 e. The number of nitro groups is 1. The third-order valence-electron chi connectivity index (χ3n) is 3.38. The van der Waals surface area contributed by atoms with E-state index in [0.717, 1.165) is 12.1 Å². The lowest BCUT2D eigenvalue weighted by Gasteiger charge is -2.31. The highest BCUT2D eigenvalue weighted by atomic mass is 19.1. The van der Waals surface area contributed by atoms with Gasteiger partial charge in [-0.2, -0.15) is 4.39 Å². The average molecular weight is 297 g/mol. The smallest absolute Gasteiger partial charge is 0.304 e. The van der Waals surface area contributed by atoms with Crippen LogP contribution >= 0.6 is 0 Å². The summed E-state index contributed by atoms with van der Waals surface area (Å²) in [5.41, 5.74) is -0.419. The number of halogens is 1. The Morgan fingerprint density at radius 1 is 1.48 bits per heavy atom. The minimum atomic E-state index is -0.975. The fourth-order valence-electron chi connectivity index (χ4n) is 2.11. The van der Waals surface area contributed by atoms with E-state index >= 15 is 0 Å². The zero-order chi connectivity index (χ0) is 15.4. The van der Waals surface area contributed by atoms with Gasteiger partial charge in [0.1, 0.15) is 0 Å². The van der Waals surface area contributed by atoms with Crippen molar-refractivity contribution in [1.29, 1.82) is 0 Å². The summed E-state index contributed by atoms with van der Waals surface area (Å²) >= 11 is 0. The second-order valence-electron chi connectivity index (χ2n) is 4.74. The molecule has 1 saturated heterocycles. The number of anilines is 1. The van der Waals surface area contributed by atoms with Crippen LogP contribution in [-0.4, -0.2) is 48.1 Å². The topological polar surface area (TPSA) is 84.7 Å². The van der Waals surface area contributed by atoms with Crippen molar-refractivity contribution in [2.75, 3.05) is 31.6 Å². The van der Waals surface area contributed by atoms with Crippen LogP contribution in [0.2, 0.25) is 0 Å². The molecule has 1 aromatic carbocycles. The molecule has 0 radical (unpaired) electrons. The summed E-state index contributed by atoms with van der Waals surface area (Å²) in [6.07, 6.45) is 0. The number of amides is 1. The van der Waals surface area contributed by atoms with Crippen LogP contribution in [0.4, 0.5) is 15.8 Å². The van der Waals surface area contributed by atoms with Crippen LogP contribution in [0.3, 0.4) is 0 Å². The van der Waals surface area contributed by atoms with E-state index in [0.29, 0.717) is 26.3 Å². The molecular formula is C13H16FN3O4. The van der Waals surface area contributed by atoms with Gasteiger partial charge >= 0.3 is 5.69 Å². The van der Waals surface area contributed by atoms with Crippen LogP contribution in [0.5, 0.6) is 0 Å². The summed E-state index contributed by atoms with van der Waals surface area (Å²) in [5, 5.41) is 13.1. The molecule has 21 heavy (non-hydrogen) atoms. The number of benzene rings is 1. The third-order valence-corrected chi connectivity index (χ3v) is 3.38. The monoisotopic (exact) mass is 297 g/mol. The van der Waals surface area contributed by atoms with Gasteiger partial charge in [0.25, 0.3) is 0 Å². The molecule has 0 spiro atoms. The van der Waals surface area contributed by atoms with Crippen molar-refractivity contribution in [2.45, 2.75) is 13.0 Å². The van der Waals surface area contributed by atoms with Gasteiger partial charge in [0.05, 0.1) is 24.2 Å². The molecule has 1 N–H and O–H groups in total. The average Bonchev–Trinajstić information content (AvgIpc) is 2.47. The Morgan fingerprint density at radius 3 is 2.71 bits per heavy atom. The van der Waals surface area contributed by atoms with Crippen LogP contribution in [0.25, 0.3) is 0 Å². The Hall–Kier alpha value is -2.06. The van der Waals surface area contributed by atoms with Gasteiger partial charge in [-0.1, -0.05) is 0 Å². The molecule has 1 aliphatic heterocycles. The number of rotatable bonds is 4. The molecule has 1 atom stereocenters. The Morgan fingerprint density at radius 2 is 2.14 bits per heavy atom. The minimum Gasteiger partial charge on any atom is -0.379 e. The van der Waals surface area contributed by atoms with Crippen LogP contribution in [-0.2, 0) is 9.53 Å². The Kier molecular flexibility index (Phi) is 4.81. The predicted octanol–water partition coefficient (Wildman–Crippen LogP) is 1.39. The van der Waals surface area contributed by atoms with Crippen LogP contribution < -0.4 is 5.32 Å². The van der Waals surface area contributed by atoms with Crippen molar-refractivity contribution in [2.24, 2.45) is 0 Å². The number of morpholine rings is 1. The van der Waals surface area contributed by atoms with E-state index in [1.165, 1.54) is 6.07 Å². The molecule has 1 unspecified atom stereocenters. The number of nitro benzene ring substituents is 1. The van der Waals surface area contributed by atoms with E-state index < -0.39 is 16.4 Å². The maximum atomic E-state index is 13.5. The number of hydrogen-bond acceptors (Lipinski definition) is 5. The normalized spacial score (nSPS) is 17.2. The summed E-state index contributed by atoms with van der Waals surface area (Å²) < 4.78 is 18.7. The molecular weight excluding hydrogens is 281 g/mol. The molecule has 0 aromatic heterocycles. The molecule has 7 nitrogen and oxygen atoms in total. The molecule has 0 saturated carbocycles. The van der Waals surface area contributed by atoms with Gasteiger partial charge in [-0.15, -0.1) is 0 Å². The summed E-state index contributed by atoms with van der Waals surface area (Å²) in [6, 6.07) is 2.91. The highest BCUT2D eigenvalue weighted by molar-refractivity contribution is 5.94. The van der Waals surface area contributed by atoms with E-state index in [9.17, 15) is 19.3 Å². The maximum absolute atomic E-state index is 13.5. The number of carbonyl (C=O) groups excluding carboxylic acids is 1. The summed E-state index contributed by atoms with van der Waals surface area (Å²) in [7, 11) is 0. The summed E-state index contributed by atoms with van der Waals surface area (Å²) in [5.74, 6) is -1.26. The highest BCUT2D eigenvalue weighted by Gasteiger charge is 2.23. The van der Waals surface area contributed by atoms with Crippen molar-refractivity contribution in [3.63, 3.8) is 0 Å². The Labute approximate surface area is 120 Å². The lowest BCUT2D eigenvalue weighted by molar-refractivity contribution is -0.387.